The van der Waals surface area contributed by atoms with E-state index in [1.165, 1.54) is 0 Å². The summed E-state index contributed by atoms with van der Waals surface area (Å²) >= 11 is 3.34. The normalized spacial score (nSPS) is 10.7. The average molecular weight is 269 g/mol. The lowest BCUT2D eigenvalue weighted by Gasteiger charge is -1.98. The van der Waals surface area contributed by atoms with Gasteiger partial charge in [0.25, 0.3) is 0 Å². The van der Waals surface area contributed by atoms with Gasteiger partial charge in [0, 0.05) is 5.33 Å². The fourth-order valence-electron chi connectivity index (χ4n) is 1.26. The molecule has 0 aromatic heterocycles. The summed E-state index contributed by atoms with van der Waals surface area (Å²) in [6.45, 7) is 0. The third kappa shape index (κ3) is 4.79. The molecule has 1 N–H and O–H groups in total. The Balaban J connectivity index is 2.69. The quantitative estimate of drug-likeness (QED) is 0.834. The van der Waals surface area contributed by atoms with Crippen molar-refractivity contribution in [3.63, 3.8) is 0 Å². The third-order valence-electron chi connectivity index (χ3n) is 1.89. The first-order valence-corrected chi connectivity index (χ1v) is 5.88. The van der Waals surface area contributed by atoms with E-state index >= 15 is 0 Å². The van der Waals surface area contributed by atoms with Crippen LogP contribution in [0.2, 0.25) is 0 Å². The zero-order chi connectivity index (χ0) is 11.1. The highest BCUT2D eigenvalue weighted by molar-refractivity contribution is 9.09. The van der Waals surface area contributed by atoms with Gasteiger partial charge in [-0.25, -0.2) is 0 Å². The highest BCUT2D eigenvalue weighted by Crippen LogP contribution is 2.08. The Morgan fingerprint density at radius 2 is 2.27 bits per heavy atom. The molecule has 0 saturated heterocycles. The number of allylic oxidation sites excluding steroid dienone is 1. The SMILES string of the molecule is O=C(O)Cc1cccc(C=CCCBr)c1. The smallest absolute Gasteiger partial charge is 0.307 e. The Labute approximate surface area is 97.8 Å². The van der Waals surface area contributed by atoms with Gasteiger partial charge in [0.1, 0.15) is 0 Å². The maximum absolute atomic E-state index is 10.5. The number of aliphatic carboxylic acids is 1. The molecule has 0 bridgehead atoms. The Kier molecular flexibility index (Phi) is 5.12. The number of carboxylic acid groups (broad SMARTS) is 1. The molecular weight excluding hydrogens is 256 g/mol. The van der Waals surface area contributed by atoms with Crippen molar-refractivity contribution >= 4 is 28.0 Å². The molecule has 2 nitrogen and oxygen atoms in total. The molecule has 0 atom stereocenters. The van der Waals surface area contributed by atoms with Crippen LogP contribution >= 0.6 is 15.9 Å². The van der Waals surface area contributed by atoms with E-state index in [9.17, 15) is 4.79 Å². The minimum Gasteiger partial charge on any atom is -0.481 e. The largest absolute Gasteiger partial charge is 0.481 e. The van der Waals surface area contributed by atoms with Crippen molar-refractivity contribution in [3.05, 3.63) is 41.5 Å². The maximum atomic E-state index is 10.5. The first kappa shape index (κ1) is 12.0. The molecule has 1 aromatic rings. The molecule has 1 aromatic carbocycles. The van der Waals surface area contributed by atoms with Crippen molar-refractivity contribution in [2.45, 2.75) is 12.8 Å². The van der Waals surface area contributed by atoms with Gasteiger partial charge in [0.2, 0.25) is 0 Å². The van der Waals surface area contributed by atoms with Crippen LogP contribution in [-0.4, -0.2) is 16.4 Å². The summed E-state index contributed by atoms with van der Waals surface area (Å²) in [6, 6.07) is 7.58. The first-order chi connectivity index (χ1) is 7.22. The summed E-state index contributed by atoms with van der Waals surface area (Å²) in [5.41, 5.74) is 1.89. The highest BCUT2D eigenvalue weighted by atomic mass is 79.9. The topological polar surface area (TPSA) is 37.3 Å². The summed E-state index contributed by atoms with van der Waals surface area (Å²) in [5, 5.41) is 9.59. The summed E-state index contributed by atoms with van der Waals surface area (Å²) in [5.74, 6) is -0.795. The number of halogens is 1. The van der Waals surface area contributed by atoms with E-state index in [2.05, 4.69) is 22.0 Å². The van der Waals surface area contributed by atoms with E-state index < -0.39 is 5.97 Å². The van der Waals surface area contributed by atoms with Gasteiger partial charge in [0.05, 0.1) is 6.42 Å². The van der Waals surface area contributed by atoms with Crippen molar-refractivity contribution < 1.29 is 9.90 Å². The molecule has 0 spiro atoms. The van der Waals surface area contributed by atoms with E-state index in [-0.39, 0.29) is 6.42 Å². The van der Waals surface area contributed by atoms with Crippen LogP contribution in [0.25, 0.3) is 6.08 Å². The third-order valence-corrected chi connectivity index (χ3v) is 2.35. The zero-order valence-electron chi connectivity index (χ0n) is 8.32. The van der Waals surface area contributed by atoms with Crippen LogP contribution in [0.15, 0.2) is 30.3 Å². The van der Waals surface area contributed by atoms with Crippen molar-refractivity contribution in [3.8, 4) is 0 Å². The van der Waals surface area contributed by atoms with Crippen LogP contribution in [-0.2, 0) is 11.2 Å². The van der Waals surface area contributed by atoms with Crippen LogP contribution in [0.3, 0.4) is 0 Å². The second kappa shape index (κ2) is 6.40. The molecule has 0 unspecified atom stereocenters. The van der Waals surface area contributed by atoms with Gasteiger partial charge in [-0.1, -0.05) is 52.3 Å². The van der Waals surface area contributed by atoms with E-state index in [0.29, 0.717) is 0 Å². The molecule has 80 valence electrons. The number of carboxylic acids is 1. The number of hydrogen-bond donors (Lipinski definition) is 1. The molecule has 0 aliphatic carbocycles. The molecule has 15 heavy (non-hydrogen) atoms. The Morgan fingerprint density at radius 1 is 1.47 bits per heavy atom. The summed E-state index contributed by atoms with van der Waals surface area (Å²) < 4.78 is 0. The van der Waals surface area contributed by atoms with Gasteiger partial charge >= 0.3 is 5.97 Å². The number of benzene rings is 1. The molecule has 1 rings (SSSR count). The predicted octanol–water partition coefficient (Wildman–Crippen LogP) is 3.11. The maximum Gasteiger partial charge on any atom is 0.307 e. The monoisotopic (exact) mass is 268 g/mol. The number of alkyl halides is 1. The molecule has 0 aliphatic heterocycles. The van der Waals surface area contributed by atoms with Crippen molar-refractivity contribution in [1.29, 1.82) is 0 Å². The second-order valence-corrected chi connectivity index (χ2v) is 3.99. The van der Waals surface area contributed by atoms with E-state index in [1.54, 1.807) is 0 Å². The van der Waals surface area contributed by atoms with E-state index in [1.807, 2.05) is 30.3 Å². The predicted molar refractivity (Wildman–Crippen MR) is 65.2 cm³/mol. The van der Waals surface area contributed by atoms with Crippen LogP contribution < -0.4 is 0 Å². The molecule has 0 heterocycles. The van der Waals surface area contributed by atoms with Crippen molar-refractivity contribution in [2.75, 3.05) is 5.33 Å². The minimum atomic E-state index is -0.795. The van der Waals surface area contributed by atoms with Gasteiger partial charge < -0.3 is 5.11 Å². The van der Waals surface area contributed by atoms with E-state index in [4.69, 9.17) is 5.11 Å². The Hall–Kier alpha value is -1.09. The molecular formula is C12H13BrO2. The fourth-order valence-corrected chi connectivity index (χ4v) is 1.53. The van der Waals surface area contributed by atoms with Gasteiger partial charge in [-0.15, -0.1) is 0 Å². The molecule has 0 amide bonds. The minimum absolute atomic E-state index is 0.0835. The van der Waals surface area contributed by atoms with Crippen LogP contribution in [0.4, 0.5) is 0 Å². The van der Waals surface area contributed by atoms with Gasteiger partial charge in [-0.3, -0.25) is 4.79 Å². The number of hydrogen-bond acceptors (Lipinski definition) is 1. The summed E-state index contributed by atoms with van der Waals surface area (Å²) in [6.07, 6.45) is 5.13. The Morgan fingerprint density at radius 3 is 2.93 bits per heavy atom. The number of rotatable bonds is 5. The van der Waals surface area contributed by atoms with Gasteiger partial charge in [-0.05, 0) is 17.5 Å². The highest BCUT2D eigenvalue weighted by Gasteiger charge is 1.99. The standard InChI is InChI=1S/C12H13BrO2/c13-7-2-1-4-10-5-3-6-11(8-10)9-12(14)15/h1,3-6,8H,2,7,9H2,(H,14,15). The summed E-state index contributed by atoms with van der Waals surface area (Å²) in [7, 11) is 0. The van der Waals surface area contributed by atoms with Gasteiger partial charge in [0.15, 0.2) is 0 Å². The van der Waals surface area contributed by atoms with Crippen LogP contribution in [0.5, 0.6) is 0 Å². The van der Waals surface area contributed by atoms with Crippen LogP contribution in [0, 0.1) is 0 Å². The first-order valence-electron chi connectivity index (χ1n) is 4.75. The van der Waals surface area contributed by atoms with Crippen molar-refractivity contribution in [2.24, 2.45) is 0 Å². The lowest BCUT2D eigenvalue weighted by molar-refractivity contribution is -0.136. The molecule has 0 aliphatic rings. The second-order valence-electron chi connectivity index (χ2n) is 3.20. The van der Waals surface area contributed by atoms with Gasteiger partial charge in [-0.2, -0.15) is 0 Å². The summed E-state index contributed by atoms with van der Waals surface area (Å²) in [4.78, 5) is 10.5. The lowest BCUT2D eigenvalue weighted by Crippen LogP contribution is -1.99. The number of carbonyl (C=O) groups is 1. The van der Waals surface area contributed by atoms with E-state index in [0.717, 1.165) is 22.9 Å². The Bertz CT molecular complexity index is 358. The molecule has 0 radical (unpaired) electrons. The molecule has 0 fully saturated rings. The average Bonchev–Trinajstić information content (AvgIpc) is 2.18. The fraction of sp³-hybridized carbons (Fsp3) is 0.250. The van der Waals surface area contributed by atoms with Crippen molar-refractivity contribution in [1.82, 2.24) is 0 Å². The molecule has 0 saturated carbocycles. The lowest BCUT2D eigenvalue weighted by atomic mass is 10.1. The zero-order valence-corrected chi connectivity index (χ0v) is 9.90. The molecule has 3 heteroatoms. The van der Waals surface area contributed by atoms with Crippen LogP contribution in [0.1, 0.15) is 17.5 Å².